The fraction of sp³-hybridized carbons (Fsp3) is 0.409. The van der Waals surface area contributed by atoms with E-state index in [1.807, 2.05) is 6.07 Å². The standard InChI is InChI=1S/C22H26N8O2/c1-11(31)18-19(13-7-14-4-5-15(8-13)27-14)29-21-16(10-26-30(21)20(18)23)12-3-6-17(25-9-12)28-22(32)24-2/h3,6,9-10,13-15,27H,4-5,7-8,23H2,1-2H3,(H2,24,25,28,32)/t13?,14-,15+. The van der Waals surface area contributed by atoms with Crippen molar-refractivity contribution in [3.8, 4) is 11.1 Å². The number of urea groups is 1. The predicted molar refractivity (Wildman–Crippen MR) is 121 cm³/mol. The first-order valence-corrected chi connectivity index (χ1v) is 10.8. The molecule has 2 bridgehead atoms. The van der Waals surface area contributed by atoms with Gasteiger partial charge in [-0.15, -0.1) is 0 Å². The van der Waals surface area contributed by atoms with Crippen LogP contribution < -0.4 is 21.7 Å². The van der Waals surface area contributed by atoms with Gasteiger partial charge in [0.2, 0.25) is 0 Å². The number of piperidine rings is 1. The number of carbonyl (C=O) groups excluding carboxylic acids is 2. The van der Waals surface area contributed by atoms with E-state index in [0.29, 0.717) is 34.9 Å². The summed E-state index contributed by atoms with van der Waals surface area (Å²) in [6.07, 6.45) is 7.56. The van der Waals surface area contributed by atoms with Gasteiger partial charge in [0.1, 0.15) is 11.6 Å². The van der Waals surface area contributed by atoms with E-state index in [2.05, 4.69) is 26.0 Å². The molecule has 0 spiro atoms. The second-order valence-electron chi connectivity index (χ2n) is 8.55. The molecule has 10 nitrogen and oxygen atoms in total. The number of Topliss-reactive ketones (excluding diaryl/α,β-unsaturated/α-hetero) is 1. The van der Waals surface area contributed by atoms with Crippen LogP contribution in [0.25, 0.3) is 16.8 Å². The average molecular weight is 435 g/mol. The van der Waals surface area contributed by atoms with Gasteiger partial charge in [0.15, 0.2) is 11.4 Å². The topological polar surface area (TPSA) is 139 Å². The lowest BCUT2D eigenvalue weighted by Crippen LogP contribution is -2.38. The van der Waals surface area contributed by atoms with Crippen LogP contribution in [0.1, 0.15) is 54.6 Å². The van der Waals surface area contributed by atoms with E-state index < -0.39 is 0 Å². The summed E-state index contributed by atoms with van der Waals surface area (Å²) in [4.78, 5) is 33.3. The van der Waals surface area contributed by atoms with Crippen molar-refractivity contribution < 1.29 is 9.59 Å². The summed E-state index contributed by atoms with van der Waals surface area (Å²) < 4.78 is 1.53. The van der Waals surface area contributed by atoms with Crippen LogP contribution in [0.3, 0.4) is 0 Å². The van der Waals surface area contributed by atoms with Crippen LogP contribution in [0.15, 0.2) is 24.5 Å². The molecule has 0 aliphatic carbocycles. The first kappa shape index (κ1) is 20.4. The molecule has 2 saturated heterocycles. The zero-order valence-corrected chi connectivity index (χ0v) is 18.1. The molecule has 5 rings (SSSR count). The Bertz CT molecular complexity index is 1190. The van der Waals surface area contributed by atoms with Crippen molar-refractivity contribution >= 4 is 29.1 Å². The Kier molecular flexibility index (Phi) is 5.01. The van der Waals surface area contributed by atoms with Crippen LogP contribution >= 0.6 is 0 Å². The van der Waals surface area contributed by atoms with Gasteiger partial charge in [0.05, 0.1) is 17.5 Å². The van der Waals surface area contributed by atoms with Gasteiger partial charge in [-0.3, -0.25) is 10.1 Å². The van der Waals surface area contributed by atoms with Crippen molar-refractivity contribution in [1.82, 2.24) is 30.2 Å². The number of fused-ring (bicyclic) bond motifs is 3. The van der Waals surface area contributed by atoms with Crippen molar-refractivity contribution in [2.45, 2.75) is 50.6 Å². The number of rotatable bonds is 4. The molecule has 10 heteroatoms. The van der Waals surface area contributed by atoms with E-state index in [1.165, 1.54) is 11.4 Å². The minimum Gasteiger partial charge on any atom is -0.383 e. The smallest absolute Gasteiger partial charge is 0.320 e. The molecule has 2 aliphatic rings. The largest absolute Gasteiger partial charge is 0.383 e. The highest BCUT2D eigenvalue weighted by molar-refractivity contribution is 6.00. The number of nitrogens with one attached hydrogen (secondary N) is 3. The Balaban J connectivity index is 1.58. The van der Waals surface area contributed by atoms with Crippen molar-refractivity contribution in [1.29, 1.82) is 0 Å². The van der Waals surface area contributed by atoms with Gasteiger partial charge in [-0.05, 0) is 44.7 Å². The zero-order valence-electron chi connectivity index (χ0n) is 18.1. The van der Waals surface area contributed by atoms with Crippen molar-refractivity contribution in [3.05, 3.63) is 35.8 Å². The van der Waals surface area contributed by atoms with Crippen molar-refractivity contribution in [2.75, 3.05) is 18.1 Å². The highest BCUT2D eigenvalue weighted by Gasteiger charge is 2.37. The van der Waals surface area contributed by atoms with Gasteiger partial charge in [-0.25, -0.2) is 14.8 Å². The number of amides is 2. The number of hydrogen-bond donors (Lipinski definition) is 4. The Morgan fingerprint density at radius 3 is 2.56 bits per heavy atom. The summed E-state index contributed by atoms with van der Waals surface area (Å²) in [5.74, 6) is 0.836. The lowest BCUT2D eigenvalue weighted by molar-refractivity contribution is 0.101. The highest BCUT2D eigenvalue weighted by Crippen LogP contribution is 2.39. The normalized spacial score (nSPS) is 22.1. The summed E-state index contributed by atoms with van der Waals surface area (Å²) in [5.41, 5.74) is 9.86. The van der Waals surface area contributed by atoms with Gasteiger partial charge < -0.3 is 16.4 Å². The number of nitrogen functional groups attached to an aromatic ring is 1. The molecule has 1 unspecified atom stereocenters. The Hall–Kier alpha value is -3.53. The Morgan fingerprint density at radius 2 is 1.94 bits per heavy atom. The number of carbonyl (C=O) groups is 2. The lowest BCUT2D eigenvalue weighted by Gasteiger charge is -2.30. The third-order valence-corrected chi connectivity index (χ3v) is 6.47. The highest BCUT2D eigenvalue weighted by atomic mass is 16.2. The molecule has 32 heavy (non-hydrogen) atoms. The maximum absolute atomic E-state index is 12.6. The molecule has 2 amide bonds. The first-order valence-electron chi connectivity index (χ1n) is 10.8. The van der Waals surface area contributed by atoms with Crippen LogP contribution in [0, 0.1) is 0 Å². The van der Waals surface area contributed by atoms with Gasteiger partial charge >= 0.3 is 6.03 Å². The molecule has 166 valence electrons. The molecule has 3 aromatic heterocycles. The summed E-state index contributed by atoms with van der Waals surface area (Å²) in [6, 6.07) is 4.15. The quantitative estimate of drug-likeness (QED) is 0.462. The molecule has 0 saturated carbocycles. The first-order chi connectivity index (χ1) is 15.4. The van der Waals surface area contributed by atoms with E-state index in [1.54, 1.807) is 25.5 Å². The van der Waals surface area contributed by atoms with E-state index in [4.69, 9.17) is 10.7 Å². The summed E-state index contributed by atoms with van der Waals surface area (Å²) in [7, 11) is 1.54. The molecular weight excluding hydrogens is 408 g/mol. The van der Waals surface area contributed by atoms with Gasteiger partial charge in [0, 0.05) is 42.4 Å². The number of ketones is 1. The third-order valence-electron chi connectivity index (χ3n) is 6.47. The second-order valence-corrected chi connectivity index (χ2v) is 8.55. The number of pyridine rings is 1. The third kappa shape index (κ3) is 3.46. The van der Waals surface area contributed by atoms with Crippen molar-refractivity contribution in [2.24, 2.45) is 0 Å². The van der Waals surface area contributed by atoms with Gasteiger partial charge in [-0.2, -0.15) is 9.61 Å². The van der Waals surface area contributed by atoms with Crippen molar-refractivity contribution in [3.63, 3.8) is 0 Å². The number of anilines is 2. The summed E-state index contributed by atoms with van der Waals surface area (Å²) in [5, 5.41) is 13.2. The van der Waals surface area contributed by atoms with Crippen LogP contribution in [0.5, 0.6) is 0 Å². The molecule has 3 atom stereocenters. The van der Waals surface area contributed by atoms with Crippen LogP contribution in [0.4, 0.5) is 16.4 Å². The second kappa shape index (κ2) is 7.86. The Morgan fingerprint density at radius 1 is 1.19 bits per heavy atom. The molecule has 2 aliphatic heterocycles. The van der Waals surface area contributed by atoms with E-state index >= 15 is 0 Å². The molecule has 3 aromatic rings. The van der Waals surface area contributed by atoms with Gasteiger partial charge in [-0.1, -0.05) is 0 Å². The summed E-state index contributed by atoms with van der Waals surface area (Å²) in [6.45, 7) is 1.53. The average Bonchev–Trinajstić information content (AvgIpc) is 3.36. The molecular formula is C22H26N8O2. The number of hydrogen-bond acceptors (Lipinski definition) is 7. The van der Waals surface area contributed by atoms with Gasteiger partial charge in [0.25, 0.3) is 0 Å². The SMILES string of the molecule is CNC(=O)Nc1ccc(-c2cnn3c(N)c(C(C)=O)c(C4C[C@H]5CC[C@@H](C4)N5)nc23)cn1. The minimum atomic E-state index is -0.340. The fourth-order valence-electron chi connectivity index (χ4n) is 4.98. The van der Waals surface area contributed by atoms with E-state index in [9.17, 15) is 9.59 Å². The maximum Gasteiger partial charge on any atom is 0.320 e. The van der Waals surface area contributed by atoms with Crippen LogP contribution in [0.2, 0.25) is 0 Å². The fourth-order valence-corrected chi connectivity index (χ4v) is 4.98. The maximum atomic E-state index is 12.6. The van der Waals surface area contributed by atoms with E-state index in [0.717, 1.165) is 42.5 Å². The molecule has 5 N–H and O–H groups in total. The minimum absolute atomic E-state index is 0.0962. The monoisotopic (exact) mass is 434 g/mol. The van der Waals surface area contributed by atoms with Crippen LogP contribution in [-0.2, 0) is 0 Å². The zero-order chi connectivity index (χ0) is 22.4. The van der Waals surface area contributed by atoms with E-state index in [-0.39, 0.29) is 17.7 Å². The van der Waals surface area contributed by atoms with Crippen LogP contribution in [-0.4, -0.2) is 50.5 Å². The lowest BCUT2D eigenvalue weighted by atomic mass is 9.86. The number of nitrogens with zero attached hydrogens (tertiary/aromatic N) is 4. The molecule has 0 radical (unpaired) electrons. The molecule has 2 fully saturated rings. The Labute approximate surface area is 185 Å². The number of aromatic nitrogens is 4. The molecule has 0 aromatic carbocycles. The predicted octanol–water partition coefficient (Wildman–Crippen LogP) is 2.33. The number of nitrogens with two attached hydrogens (primary N) is 1. The molecule has 5 heterocycles. The summed E-state index contributed by atoms with van der Waals surface area (Å²) >= 11 is 0.